The summed E-state index contributed by atoms with van der Waals surface area (Å²) in [5.74, 6) is 2.51. The third-order valence-corrected chi connectivity index (χ3v) is 5.80. The molecular weight excluding hydrogens is 336 g/mol. The average Bonchev–Trinajstić information content (AvgIpc) is 3.31. The molecule has 2 aromatic rings. The van der Waals surface area contributed by atoms with Gasteiger partial charge in [0.15, 0.2) is 5.82 Å². The highest BCUT2D eigenvalue weighted by molar-refractivity contribution is 7.07. The van der Waals surface area contributed by atoms with Crippen molar-refractivity contribution >= 4 is 17.2 Å². The molecular formula is C17H24N6OS. The summed E-state index contributed by atoms with van der Waals surface area (Å²) in [5, 5.41) is 10.7. The van der Waals surface area contributed by atoms with Crippen molar-refractivity contribution in [2.75, 3.05) is 26.2 Å². The van der Waals surface area contributed by atoms with Crippen molar-refractivity contribution in [3.05, 3.63) is 28.2 Å². The smallest absolute Gasteiger partial charge is 0.273 e. The van der Waals surface area contributed by atoms with E-state index in [2.05, 4.69) is 31.6 Å². The second-order valence-electron chi connectivity index (χ2n) is 6.84. The molecule has 0 radical (unpaired) electrons. The van der Waals surface area contributed by atoms with Gasteiger partial charge in [0.25, 0.3) is 5.91 Å². The molecule has 4 heterocycles. The van der Waals surface area contributed by atoms with Gasteiger partial charge in [-0.3, -0.25) is 4.79 Å². The highest BCUT2D eigenvalue weighted by atomic mass is 32.1. The second kappa shape index (κ2) is 7.21. The summed E-state index contributed by atoms with van der Waals surface area (Å²) in [6.07, 6.45) is 3.52. The first-order valence-corrected chi connectivity index (χ1v) is 10.0. The Labute approximate surface area is 151 Å². The molecule has 0 atom stereocenters. The third kappa shape index (κ3) is 3.32. The van der Waals surface area contributed by atoms with Gasteiger partial charge in [-0.15, -0.1) is 21.5 Å². The minimum atomic E-state index is -0.00933. The Kier molecular flexibility index (Phi) is 4.80. The average molecular weight is 360 g/mol. The fourth-order valence-corrected chi connectivity index (χ4v) is 4.39. The number of carbonyl (C=O) groups is 1. The quantitative estimate of drug-likeness (QED) is 0.834. The van der Waals surface area contributed by atoms with E-state index in [1.807, 2.05) is 4.90 Å². The van der Waals surface area contributed by atoms with Gasteiger partial charge in [0, 0.05) is 24.4 Å². The minimum Gasteiger partial charge on any atom is -0.328 e. The number of amides is 1. The largest absolute Gasteiger partial charge is 0.328 e. The zero-order valence-electron chi connectivity index (χ0n) is 14.6. The third-order valence-electron chi connectivity index (χ3n) is 5.21. The van der Waals surface area contributed by atoms with Gasteiger partial charge in [0.1, 0.15) is 11.5 Å². The fraction of sp³-hybridized carbons (Fsp3) is 0.647. The van der Waals surface area contributed by atoms with Crippen LogP contribution >= 0.6 is 11.3 Å². The predicted molar refractivity (Wildman–Crippen MR) is 95.6 cm³/mol. The molecule has 0 aromatic carbocycles. The maximum atomic E-state index is 12.5. The van der Waals surface area contributed by atoms with E-state index >= 15 is 0 Å². The van der Waals surface area contributed by atoms with Crippen molar-refractivity contribution in [3.63, 3.8) is 0 Å². The van der Waals surface area contributed by atoms with Crippen LogP contribution < -0.4 is 0 Å². The van der Waals surface area contributed by atoms with Crippen molar-refractivity contribution in [1.82, 2.24) is 29.5 Å². The van der Waals surface area contributed by atoms with E-state index in [-0.39, 0.29) is 5.91 Å². The number of nitrogens with zero attached hydrogens (tertiary/aromatic N) is 6. The van der Waals surface area contributed by atoms with Crippen LogP contribution in [0.25, 0.3) is 0 Å². The Morgan fingerprint density at radius 2 is 2.08 bits per heavy atom. The van der Waals surface area contributed by atoms with Gasteiger partial charge >= 0.3 is 0 Å². The minimum absolute atomic E-state index is 0.00933. The number of hydrogen-bond donors (Lipinski definition) is 0. The van der Waals surface area contributed by atoms with E-state index in [9.17, 15) is 4.79 Å². The molecule has 2 aliphatic heterocycles. The molecule has 134 valence electrons. The molecule has 1 amide bonds. The molecule has 0 bridgehead atoms. The number of likely N-dealkylation sites (tertiary alicyclic amines) is 1. The number of fused-ring (bicyclic) bond motifs is 1. The number of aromatic nitrogens is 4. The van der Waals surface area contributed by atoms with Crippen LogP contribution in [0.4, 0.5) is 0 Å². The van der Waals surface area contributed by atoms with Gasteiger partial charge < -0.3 is 14.4 Å². The SMILES string of the molecule is CCCN1CCC(c2nnc3n2CCN(C(=O)c2cscn2)C3)CC1. The van der Waals surface area contributed by atoms with Gasteiger partial charge in [0.2, 0.25) is 0 Å². The van der Waals surface area contributed by atoms with Crippen LogP contribution in [-0.2, 0) is 13.1 Å². The van der Waals surface area contributed by atoms with Gasteiger partial charge in [-0.1, -0.05) is 6.92 Å². The first-order valence-electron chi connectivity index (χ1n) is 9.08. The summed E-state index contributed by atoms with van der Waals surface area (Å²) in [6.45, 7) is 7.73. The maximum absolute atomic E-state index is 12.5. The van der Waals surface area contributed by atoms with Crippen molar-refractivity contribution in [1.29, 1.82) is 0 Å². The van der Waals surface area contributed by atoms with Crippen LogP contribution in [0.3, 0.4) is 0 Å². The molecule has 0 spiro atoms. The molecule has 7 nitrogen and oxygen atoms in total. The molecule has 1 saturated heterocycles. The van der Waals surface area contributed by atoms with Gasteiger partial charge in [0.05, 0.1) is 12.1 Å². The number of hydrogen-bond acceptors (Lipinski definition) is 6. The Morgan fingerprint density at radius 1 is 1.24 bits per heavy atom. The number of thiazole rings is 1. The van der Waals surface area contributed by atoms with Crippen molar-refractivity contribution < 1.29 is 4.79 Å². The van der Waals surface area contributed by atoms with E-state index in [1.54, 1.807) is 10.9 Å². The van der Waals surface area contributed by atoms with E-state index in [0.29, 0.717) is 24.7 Å². The molecule has 0 aliphatic carbocycles. The van der Waals surface area contributed by atoms with Gasteiger partial charge in [-0.05, 0) is 38.9 Å². The second-order valence-corrected chi connectivity index (χ2v) is 7.56. The first kappa shape index (κ1) is 16.7. The van der Waals surface area contributed by atoms with Crippen LogP contribution in [0.1, 0.15) is 54.2 Å². The van der Waals surface area contributed by atoms with Crippen LogP contribution in [0.15, 0.2) is 10.9 Å². The summed E-state index contributed by atoms with van der Waals surface area (Å²) < 4.78 is 2.24. The van der Waals surface area contributed by atoms with Crippen LogP contribution in [0.2, 0.25) is 0 Å². The van der Waals surface area contributed by atoms with Crippen LogP contribution in [0.5, 0.6) is 0 Å². The standard InChI is InChI=1S/C17H24N6OS/c1-2-5-21-6-3-13(4-7-21)16-20-19-15-10-22(8-9-23(15)16)17(24)14-11-25-12-18-14/h11-13H,2-10H2,1H3. The molecule has 1 fully saturated rings. The molecule has 4 rings (SSSR count). The fourth-order valence-electron chi connectivity index (χ4n) is 3.87. The van der Waals surface area contributed by atoms with E-state index in [4.69, 9.17) is 0 Å². The predicted octanol–water partition coefficient (Wildman–Crippen LogP) is 1.98. The monoisotopic (exact) mass is 360 g/mol. The summed E-state index contributed by atoms with van der Waals surface area (Å²) in [7, 11) is 0. The lowest BCUT2D eigenvalue weighted by atomic mass is 9.95. The summed E-state index contributed by atoms with van der Waals surface area (Å²) in [4.78, 5) is 21.0. The van der Waals surface area contributed by atoms with Crippen molar-refractivity contribution in [2.45, 2.75) is 45.2 Å². The Balaban J connectivity index is 1.43. The summed E-state index contributed by atoms with van der Waals surface area (Å²) in [6, 6.07) is 0. The maximum Gasteiger partial charge on any atom is 0.273 e. The summed E-state index contributed by atoms with van der Waals surface area (Å²) in [5.41, 5.74) is 2.23. The van der Waals surface area contributed by atoms with E-state index in [1.165, 1.54) is 24.3 Å². The Bertz CT molecular complexity index is 720. The summed E-state index contributed by atoms with van der Waals surface area (Å²) >= 11 is 1.45. The van der Waals surface area contributed by atoms with Gasteiger partial charge in [-0.25, -0.2) is 4.98 Å². The van der Waals surface area contributed by atoms with E-state index < -0.39 is 0 Å². The molecule has 25 heavy (non-hydrogen) atoms. The van der Waals surface area contributed by atoms with Crippen LogP contribution in [0, 0.1) is 0 Å². The zero-order valence-corrected chi connectivity index (χ0v) is 15.4. The number of carbonyl (C=O) groups excluding carboxylic acids is 1. The normalized spacial score (nSPS) is 19.2. The first-order chi connectivity index (χ1) is 12.3. The van der Waals surface area contributed by atoms with Gasteiger partial charge in [-0.2, -0.15) is 0 Å². The zero-order chi connectivity index (χ0) is 17.2. The van der Waals surface area contributed by atoms with Crippen LogP contribution in [-0.4, -0.2) is 61.6 Å². The molecule has 0 unspecified atom stereocenters. The number of rotatable bonds is 4. The lowest BCUT2D eigenvalue weighted by molar-refractivity contribution is 0.0700. The lowest BCUT2D eigenvalue weighted by Gasteiger charge is -2.32. The van der Waals surface area contributed by atoms with E-state index in [0.717, 1.165) is 44.1 Å². The lowest BCUT2D eigenvalue weighted by Crippen LogP contribution is -2.39. The molecule has 2 aromatic heterocycles. The van der Waals surface area contributed by atoms with Crippen molar-refractivity contribution in [3.8, 4) is 0 Å². The highest BCUT2D eigenvalue weighted by Gasteiger charge is 2.30. The Hall–Kier alpha value is -1.80. The topological polar surface area (TPSA) is 67.2 Å². The van der Waals surface area contributed by atoms with Crippen molar-refractivity contribution in [2.24, 2.45) is 0 Å². The molecule has 8 heteroatoms. The number of piperidine rings is 1. The molecule has 0 saturated carbocycles. The Morgan fingerprint density at radius 3 is 2.80 bits per heavy atom. The molecule has 0 N–H and O–H groups in total. The highest BCUT2D eigenvalue weighted by Crippen LogP contribution is 2.28. The molecule has 2 aliphatic rings.